The van der Waals surface area contributed by atoms with E-state index in [1.165, 1.54) is 18.4 Å². The lowest BCUT2D eigenvalue weighted by molar-refractivity contribution is 0.0939. The monoisotopic (exact) mass is 587 g/mol. The van der Waals surface area contributed by atoms with E-state index >= 15 is 0 Å². The van der Waals surface area contributed by atoms with Crippen molar-refractivity contribution in [3.05, 3.63) is 92.6 Å². The normalized spacial score (nSPS) is 18.2. The van der Waals surface area contributed by atoms with Crippen molar-refractivity contribution in [1.82, 2.24) is 20.1 Å². The Morgan fingerprint density at radius 3 is 2.18 bits per heavy atom. The van der Waals surface area contributed by atoms with E-state index in [0.29, 0.717) is 21.7 Å². The van der Waals surface area contributed by atoms with Gasteiger partial charge in [0.05, 0.1) is 16.6 Å². The summed E-state index contributed by atoms with van der Waals surface area (Å²) in [6.45, 7) is 8.86. The summed E-state index contributed by atoms with van der Waals surface area (Å²) < 4.78 is 0. The van der Waals surface area contributed by atoms with E-state index in [2.05, 4.69) is 37.1 Å². The number of anilines is 1. The maximum Gasteiger partial charge on any atom is 0.253 e. The number of piperidine rings is 1. The first kappa shape index (κ1) is 28.2. The van der Waals surface area contributed by atoms with Crippen LogP contribution in [0.5, 0.6) is 0 Å². The van der Waals surface area contributed by atoms with Crippen LogP contribution in [0.4, 0.5) is 5.82 Å². The van der Waals surface area contributed by atoms with Crippen molar-refractivity contribution in [2.24, 2.45) is 0 Å². The Hall–Kier alpha value is -2.35. The van der Waals surface area contributed by atoms with Crippen molar-refractivity contribution in [2.75, 3.05) is 44.2 Å². The average Bonchev–Trinajstić information content (AvgIpc) is 2.95. The fourth-order valence-electron chi connectivity index (χ4n) is 5.49. The number of amides is 1. The molecule has 9 heteroatoms. The number of hydrogen-bond acceptors (Lipinski definition) is 5. The molecule has 2 aliphatic heterocycles. The van der Waals surface area contributed by atoms with Gasteiger partial charge >= 0.3 is 0 Å². The predicted octanol–water partition coefficient (Wildman–Crippen LogP) is 6.57. The molecule has 0 saturated carbocycles. The van der Waals surface area contributed by atoms with Gasteiger partial charge in [-0.2, -0.15) is 0 Å². The number of nitrogens with zero attached hydrogens (tertiary/aromatic N) is 4. The van der Waals surface area contributed by atoms with Crippen molar-refractivity contribution >= 4 is 46.5 Å². The summed E-state index contributed by atoms with van der Waals surface area (Å²) in [7, 11) is 0. The van der Waals surface area contributed by atoms with Crippen molar-refractivity contribution < 1.29 is 6.22 Å². The molecule has 1 atom stereocenters. The molecule has 39 heavy (non-hydrogen) atoms. The molecule has 0 radical (unpaired) electrons. The van der Waals surface area contributed by atoms with Gasteiger partial charge in [-0.1, -0.05) is 59.1 Å². The zero-order chi connectivity index (χ0) is 27.4. The smallest absolute Gasteiger partial charge is 0.253 e. The molecule has 2 saturated heterocycles. The molecule has 208 valence electrons. The molecule has 5 rings (SSSR count). The SMILES string of the molecule is CC(NC(=O)c1cnc(N2CCN(C3CCN(Cc4ccc(Cl)cc4)CC3)CC2)c(Cl)c1)c1ccc(Cl)cc1.[HH]. The quantitative estimate of drug-likeness (QED) is 0.339. The van der Waals surface area contributed by atoms with E-state index in [1.54, 1.807) is 12.3 Å². The summed E-state index contributed by atoms with van der Waals surface area (Å²) in [4.78, 5) is 24.8. The van der Waals surface area contributed by atoms with Crippen LogP contribution < -0.4 is 10.2 Å². The van der Waals surface area contributed by atoms with Crippen LogP contribution in [0.1, 0.15) is 48.7 Å². The Balaban J connectivity index is 0.00000370. The van der Waals surface area contributed by atoms with Crippen LogP contribution in [0.3, 0.4) is 0 Å². The topological polar surface area (TPSA) is 51.7 Å². The highest BCUT2D eigenvalue weighted by Gasteiger charge is 2.28. The molecule has 1 unspecified atom stereocenters. The highest BCUT2D eigenvalue weighted by atomic mass is 35.5. The molecule has 0 spiro atoms. The predicted molar refractivity (Wildman–Crippen MR) is 162 cm³/mol. The first-order valence-electron chi connectivity index (χ1n) is 13.5. The number of piperazine rings is 1. The molecule has 2 aliphatic rings. The highest BCUT2D eigenvalue weighted by Crippen LogP contribution is 2.27. The summed E-state index contributed by atoms with van der Waals surface area (Å²) in [5.41, 5.74) is 2.75. The molecule has 1 amide bonds. The van der Waals surface area contributed by atoms with Crippen LogP contribution in [0.2, 0.25) is 15.1 Å². The summed E-state index contributed by atoms with van der Waals surface area (Å²) >= 11 is 18.6. The van der Waals surface area contributed by atoms with E-state index in [0.717, 1.165) is 62.2 Å². The van der Waals surface area contributed by atoms with Gasteiger partial charge in [-0.25, -0.2) is 4.98 Å². The van der Waals surface area contributed by atoms with Crippen LogP contribution in [0, 0.1) is 0 Å². The van der Waals surface area contributed by atoms with Gasteiger partial charge in [-0.15, -0.1) is 0 Å². The number of aromatic nitrogens is 1. The summed E-state index contributed by atoms with van der Waals surface area (Å²) in [6.07, 6.45) is 3.99. The summed E-state index contributed by atoms with van der Waals surface area (Å²) in [6, 6.07) is 17.8. The minimum atomic E-state index is -0.203. The summed E-state index contributed by atoms with van der Waals surface area (Å²) in [5, 5.41) is 4.97. The summed E-state index contributed by atoms with van der Waals surface area (Å²) in [5.74, 6) is 0.544. The number of carbonyl (C=O) groups is 1. The van der Waals surface area contributed by atoms with Crippen molar-refractivity contribution in [3.8, 4) is 0 Å². The minimum absolute atomic E-state index is 0. The van der Waals surface area contributed by atoms with Crippen molar-refractivity contribution in [3.63, 3.8) is 0 Å². The first-order valence-corrected chi connectivity index (χ1v) is 14.7. The van der Waals surface area contributed by atoms with Gasteiger partial charge < -0.3 is 10.2 Å². The fourth-order valence-corrected chi connectivity index (χ4v) is 6.03. The zero-order valence-electron chi connectivity index (χ0n) is 22.1. The molecule has 3 aromatic rings. The molecular weight excluding hydrogens is 553 g/mol. The third-order valence-electron chi connectivity index (χ3n) is 7.81. The van der Waals surface area contributed by atoms with Crippen LogP contribution in [-0.2, 0) is 6.54 Å². The van der Waals surface area contributed by atoms with E-state index in [1.807, 2.05) is 43.3 Å². The number of hydrogen-bond donors (Lipinski definition) is 1. The van der Waals surface area contributed by atoms with Gasteiger partial charge in [0, 0.05) is 56.4 Å². The number of likely N-dealkylation sites (tertiary alicyclic amines) is 1. The van der Waals surface area contributed by atoms with Gasteiger partial charge in [0.2, 0.25) is 0 Å². The molecule has 2 fully saturated rings. The minimum Gasteiger partial charge on any atom is -0.353 e. The third kappa shape index (κ3) is 7.24. The zero-order valence-corrected chi connectivity index (χ0v) is 24.4. The largest absolute Gasteiger partial charge is 0.353 e. The van der Waals surface area contributed by atoms with Crippen LogP contribution >= 0.6 is 34.8 Å². The number of pyridine rings is 1. The molecule has 6 nitrogen and oxygen atoms in total. The Morgan fingerprint density at radius 2 is 1.56 bits per heavy atom. The number of rotatable bonds is 7. The molecule has 1 aromatic heterocycles. The van der Waals surface area contributed by atoms with Crippen LogP contribution in [-0.4, -0.2) is 66.0 Å². The second kappa shape index (κ2) is 12.9. The van der Waals surface area contributed by atoms with Crippen molar-refractivity contribution in [2.45, 2.75) is 38.4 Å². The lowest BCUT2D eigenvalue weighted by Gasteiger charge is -2.43. The fraction of sp³-hybridized carbons (Fsp3) is 0.400. The van der Waals surface area contributed by atoms with Gasteiger partial charge in [-0.05, 0) is 74.3 Å². The Bertz CT molecular complexity index is 1260. The highest BCUT2D eigenvalue weighted by molar-refractivity contribution is 6.33. The Labute approximate surface area is 247 Å². The first-order chi connectivity index (χ1) is 18.9. The lowest BCUT2D eigenvalue weighted by Crippen LogP contribution is -2.53. The average molecular weight is 589 g/mol. The second-order valence-electron chi connectivity index (χ2n) is 10.4. The second-order valence-corrected chi connectivity index (χ2v) is 11.7. The molecular formula is C30H36Cl3N5O. The molecule has 2 aromatic carbocycles. The van der Waals surface area contributed by atoms with E-state index < -0.39 is 0 Å². The van der Waals surface area contributed by atoms with Gasteiger partial charge in [-0.3, -0.25) is 14.6 Å². The number of nitrogens with one attached hydrogen (secondary N) is 1. The molecule has 3 heterocycles. The van der Waals surface area contributed by atoms with Crippen LogP contribution in [0.15, 0.2) is 60.8 Å². The van der Waals surface area contributed by atoms with E-state index in [4.69, 9.17) is 34.8 Å². The van der Waals surface area contributed by atoms with Gasteiger partial charge in [0.1, 0.15) is 5.82 Å². The molecule has 0 bridgehead atoms. The van der Waals surface area contributed by atoms with Gasteiger partial charge in [0.25, 0.3) is 5.91 Å². The maximum atomic E-state index is 12.8. The maximum absolute atomic E-state index is 12.8. The van der Waals surface area contributed by atoms with Crippen LogP contribution in [0.25, 0.3) is 0 Å². The van der Waals surface area contributed by atoms with Crippen molar-refractivity contribution in [1.29, 1.82) is 0 Å². The van der Waals surface area contributed by atoms with E-state index in [-0.39, 0.29) is 13.4 Å². The number of carbonyl (C=O) groups excluding carboxylic acids is 1. The van der Waals surface area contributed by atoms with Gasteiger partial charge in [0.15, 0.2) is 0 Å². The molecule has 0 aliphatic carbocycles. The van der Waals surface area contributed by atoms with E-state index in [9.17, 15) is 4.79 Å². The number of halogens is 3. The lowest BCUT2D eigenvalue weighted by atomic mass is 10.0. The Morgan fingerprint density at radius 1 is 0.949 bits per heavy atom. The molecule has 1 N–H and O–H groups in total. The third-order valence-corrected chi connectivity index (χ3v) is 8.59. The standard InChI is InChI=1S/C30H34Cl3N5O.H2/c1-21(23-4-8-26(32)9-5-23)35-30(39)24-18-28(33)29(34-19-24)38-16-14-37(15-17-38)27-10-12-36(13-11-27)20-22-2-6-25(31)7-3-22;/h2-9,18-19,21,27H,10-17,20H2,1H3,(H,35,39);1H. The Kier molecular flexibility index (Phi) is 9.31. The number of benzene rings is 2.